The fraction of sp³-hybridized carbons (Fsp3) is 0.600. The van der Waals surface area contributed by atoms with Crippen molar-refractivity contribution in [2.75, 3.05) is 52.4 Å². The van der Waals surface area contributed by atoms with Gasteiger partial charge in [0, 0.05) is 57.3 Å². The van der Waals surface area contributed by atoms with E-state index in [1.165, 1.54) is 0 Å². The number of piperazine rings is 1. The van der Waals surface area contributed by atoms with Crippen LogP contribution in [0.5, 0.6) is 0 Å². The standard InChI is InChI=1S/C20H28ClN3O3/c21-18-4-1-16(2-5-18)7-8-24-15-17(3-6-19(24)26)20(27)23-11-9-22(10-12-23)13-14-25/h1-2,4-5,17,25H,3,6-15H2/t17-/m0/s1. The van der Waals surface area contributed by atoms with E-state index in [1.807, 2.05) is 34.1 Å². The number of hydrogen-bond donors (Lipinski definition) is 1. The summed E-state index contributed by atoms with van der Waals surface area (Å²) in [4.78, 5) is 31.1. The van der Waals surface area contributed by atoms with Gasteiger partial charge in [0.15, 0.2) is 0 Å². The highest BCUT2D eigenvalue weighted by Crippen LogP contribution is 2.21. The van der Waals surface area contributed by atoms with Gasteiger partial charge in [-0.2, -0.15) is 0 Å². The van der Waals surface area contributed by atoms with Gasteiger partial charge < -0.3 is 14.9 Å². The van der Waals surface area contributed by atoms with Crippen LogP contribution in [0.25, 0.3) is 0 Å². The predicted molar refractivity (Wildman–Crippen MR) is 105 cm³/mol. The van der Waals surface area contributed by atoms with Crippen LogP contribution in [0.4, 0.5) is 0 Å². The van der Waals surface area contributed by atoms with E-state index in [2.05, 4.69) is 4.90 Å². The Labute approximate surface area is 165 Å². The van der Waals surface area contributed by atoms with Gasteiger partial charge in [-0.1, -0.05) is 23.7 Å². The Hall–Kier alpha value is -1.63. The molecule has 0 saturated carbocycles. The molecule has 7 heteroatoms. The van der Waals surface area contributed by atoms with E-state index in [0.717, 1.165) is 25.1 Å². The number of likely N-dealkylation sites (tertiary alicyclic amines) is 1. The molecule has 0 unspecified atom stereocenters. The van der Waals surface area contributed by atoms with E-state index in [9.17, 15) is 9.59 Å². The molecule has 1 aromatic rings. The summed E-state index contributed by atoms with van der Waals surface area (Å²) in [5, 5.41) is 9.74. The van der Waals surface area contributed by atoms with Crippen molar-refractivity contribution in [3.05, 3.63) is 34.9 Å². The molecule has 0 aromatic heterocycles. The number of nitrogens with zero attached hydrogens (tertiary/aromatic N) is 3. The molecule has 0 spiro atoms. The highest BCUT2D eigenvalue weighted by molar-refractivity contribution is 6.30. The molecule has 1 aromatic carbocycles. The Morgan fingerprint density at radius 3 is 2.48 bits per heavy atom. The van der Waals surface area contributed by atoms with Crippen molar-refractivity contribution in [1.82, 2.24) is 14.7 Å². The van der Waals surface area contributed by atoms with Crippen LogP contribution in [-0.4, -0.2) is 84.0 Å². The minimum atomic E-state index is -0.0997. The molecule has 2 aliphatic heterocycles. The van der Waals surface area contributed by atoms with Crippen molar-refractivity contribution in [1.29, 1.82) is 0 Å². The van der Waals surface area contributed by atoms with Crippen LogP contribution in [0.1, 0.15) is 18.4 Å². The molecule has 2 amide bonds. The predicted octanol–water partition coefficient (Wildman–Crippen LogP) is 1.26. The monoisotopic (exact) mass is 393 g/mol. The molecule has 0 aliphatic carbocycles. The van der Waals surface area contributed by atoms with Gasteiger partial charge in [-0.25, -0.2) is 0 Å². The van der Waals surface area contributed by atoms with Gasteiger partial charge in [-0.05, 0) is 30.5 Å². The summed E-state index contributed by atoms with van der Waals surface area (Å²) in [7, 11) is 0. The minimum absolute atomic E-state index is 0.0997. The molecular formula is C20H28ClN3O3. The van der Waals surface area contributed by atoms with Crippen LogP contribution >= 0.6 is 11.6 Å². The zero-order valence-electron chi connectivity index (χ0n) is 15.6. The molecular weight excluding hydrogens is 366 g/mol. The summed E-state index contributed by atoms with van der Waals surface area (Å²) < 4.78 is 0. The summed E-state index contributed by atoms with van der Waals surface area (Å²) in [6, 6.07) is 7.67. The number of carbonyl (C=O) groups excluding carboxylic acids is 2. The van der Waals surface area contributed by atoms with Gasteiger partial charge >= 0.3 is 0 Å². The van der Waals surface area contributed by atoms with Gasteiger partial charge in [0.25, 0.3) is 0 Å². The first-order chi connectivity index (χ1) is 13.1. The van der Waals surface area contributed by atoms with Crippen LogP contribution in [0.3, 0.4) is 0 Å². The quantitative estimate of drug-likeness (QED) is 0.790. The van der Waals surface area contributed by atoms with Gasteiger partial charge in [0.2, 0.25) is 11.8 Å². The van der Waals surface area contributed by atoms with E-state index in [1.54, 1.807) is 0 Å². The third kappa shape index (κ3) is 5.43. The van der Waals surface area contributed by atoms with Crippen molar-refractivity contribution in [2.24, 2.45) is 5.92 Å². The Kier molecular flexibility index (Phi) is 7.10. The van der Waals surface area contributed by atoms with Gasteiger partial charge in [-0.15, -0.1) is 0 Å². The Bertz CT molecular complexity index is 644. The second-order valence-electron chi connectivity index (χ2n) is 7.34. The second-order valence-corrected chi connectivity index (χ2v) is 7.78. The van der Waals surface area contributed by atoms with E-state index >= 15 is 0 Å². The Morgan fingerprint density at radius 1 is 1.11 bits per heavy atom. The largest absolute Gasteiger partial charge is 0.395 e. The lowest BCUT2D eigenvalue weighted by atomic mass is 9.95. The highest BCUT2D eigenvalue weighted by Gasteiger charge is 2.33. The molecule has 6 nitrogen and oxygen atoms in total. The maximum absolute atomic E-state index is 12.9. The smallest absolute Gasteiger partial charge is 0.227 e. The molecule has 27 heavy (non-hydrogen) atoms. The van der Waals surface area contributed by atoms with Crippen LogP contribution < -0.4 is 0 Å². The third-order valence-electron chi connectivity index (χ3n) is 5.53. The molecule has 2 aliphatic rings. The number of piperidine rings is 1. The lowest BCUT2D eigenvalue weighted by Crippen LogP contribution is -2.53. The molecule has 0 bridgehead atoms. The number of carbonyl (C=O) groups is 2. The second kappa shape index (κ2) is 9.53. The maximum Gasteiger partial charge on any atom is 0.227 e. The average Bonchev–Trinajstić information content (AvgIpc) is 2.69. The maximum atomic E-state index is 12.9. The number of halogens is 1. The van der Waals surface area contributed by atoms with E-state index < -0.39 is 0 Å². The molecule has 1 N–H and O–H groups in total. The number of benzene rings is 1. The number of amides is 2. The molecule has 1 atom stereocenters. The lowest BCUT2D eigenvalue weighted by molar-refractivity contribution is -0.144. The summed E-state index contributed by atoms with van der Waals surface area (Å²) >= 11 is 5.92. The molecule has 0 radical (unpaired) electrons. The van der Waals surface area contributed by atoms with Gasteiger partial charge in [0.1, 0.15) is 0 Å². The van der Waals surface area contributed by atoms with Crippen LogP contribution in [0, 0.1) is 5.92 Å². The number of aliphatic hydroxyl groups excluding tert-OH is 1. The third-order valence-corrected chi connectivity index (χ3v) is 5.79. The van der Waals surface area contributed by atoms with Crippen LogP contribution in [0.15, 0.2) is 24.3 Å². The first-order valence-electron chi connectivity index (χ1n) is 9.71. The van der Waals surface area contributed by atoms with Crippen molar-refractivity contribution in [3.8, 4) is 0 Å². The van der Waals surface area contributed by atoms with Crippen molar-refractivity contribution in [2.45, 2.75) is 19.3 Å². The number of β-amino-alcohol motifs (C(OH)–C–C–N with tert-alkyl or cyclic N) is 1. The zero-order chi connectivity index (χ0) is 19.2. The van der Waals surface area contributed by atoms with Gasteiger partial charge in [0.05, 0.1) is 12.5 Å². The number of hydrogen-bond acceptors (Lipinski definition) is 4. The van der Waals surface area contributed by atoms with Crippen molar-refractivity contribution in [3.63, 3.8) is 0 Å². The summed E-state index contributed by atoms with van der Waals surface area (Å²) in [6.07, 6.45) is 1.86. The van der Waals surface area contributed by atoms with Crippen LogP contribution in [-0.2, 0) is 16.0 Å². The SMILES string of the molecule is O=C1CC[C@H](C(=O)N2CCN(CCO)CC2)CN1CCc1ccc(Cl)cc1. The Morgan fingerprint density at radius 2 is 1.81 bits per heavy atom. The fourth-order valence-corrected chi connectivity index (χ4v) is 3.97. The fourth-order valence-electron chi connectivity index (χ4n) is 3.84. The average molecular weight is 394 g/mol. The topological polar surface area (TPSA) is 64.1 Å². The minimum Gasteiger partial charge on any atom is -0.395 e. The van der Waals surface area contributed by atoms with Crippen LogP contribution in [0.2, 0.25) is 5.02 Å². The first-order valence-corrected chi connectivity index (χ1v) is 10.1. The van der Waals surface area contributed by atoms with E-state index in [-0.39, 0.29) is 24.3 Å². The summed E-state index contributed by atoms with van der Waals surface area (Å²) in [5.74, 6) is 0.209. The zero-order valence-corrected chi connectivity index (χ0v) is 16.4. The number of rotatable bonds is 6. The van der Waals surface area contributed by atoms with Crippen molar-refractivity contribution < 1.29 is 14.7 Å². The normalized spacial score (nSPS) is 21.6. The molecule has 2 saturated heterocycles. The Balaban J connectivity index is 1.51. The van der Waals surface area contributed by atoms with Crippen molar-refractivity contribution >= 4 is 23.4 Å². The molecule has 2 heterocycles. The summed E-state index contributed by atoms with van der Waals surface area (Å²) in [6.45, 7) is 4.98. The first kappa shape index (κ1) is 20.1. The summed E-state index contributed by atoms with van der Waals surface area (Å²) in [5.41, 5.74) is 1.14. The molecule has 148 valence electrons. The number of aliphatic hydroxyl groups is 1. The van der Waals surface area contributed by atoms with E-state index in [4.69, 9.17) is 16.7 Å². The highest BCUT2D eigenvalue weighted by atomic mass is 35.5. The van der Waals surface area contributed by atoms with E-state index in [0.29, 0.717) is 50.6 Å². The molecule has 3 rings (SSSR count). The van der Waals surface area contributed by atoms with Gasteiger partial charge in [-0.3, -0.25) is 14.5 Å². The lowest BCUT2D eigenvalue weighted by Gasteiger charge is -2.38. The molecule has 2 fully saturated rings.